The van der Waals surface area contributed by atoms with Gasteiger partial charge in [0, 0.05) is 22.8 Å². The van der Waals surface area contributed by atoms with E-state index in [2.05, 4.69) is 15.0 Å². The number of carboxylic acid groups (broad SMARTS) is 1. The number of pyridine rings is 1. The van der Waals surface area contributed by atoms with Gasteiger partial charge in [0.2, 0.25) is 0 Å². The van der Waals surface area contributed by atoms with Crippen LogP contribution in [0.1, 0.15) is 34.5 Å². The summed E-state index contributed by atoms with van der Waals surface area (Å²) in [7, 11) is 1.44. The fourth-order valence-electron chi connectivity index (χ4n) is 4.11. The standard InChI is InChI=1S/C30H26ClN3O4/c1-37-33-29(21-9-16-28(26(17-21)30(35)36)38-25-5-3-2-4-6-25)27-15-14-24(18-32-27)34(19-20-7-8-20)23-12-10-22(31)11-13-23/h2-6,9-18,20H,7-8,19H2,1H3,(H,35,36)/b33-29-. The van der Waals surface area contributed by atoms with Crippen LogP contribution in [0.4, 0.5) is 11.4 Å². The van der Waals surface area contributed by atoms with Crippen molar-refractivity contribution in [3.05, 3.63) is 113 Å². The molecule has 7 nitrogen and oxygen atoms in total. The second-order valence-electron chi connectivity index (χ2n) is 8.99. The number of aromatic nitrogens is 1. The molecule has 0 atom stereocenters. The molecule has 1 fully saturated rings. The molecule has 1 aliphatic rings. The van der Waals surface area contributed by atoms with Crippen LogP contribution >= 0.6 is 11.6 Å². The van der Waals surface area contributed by atoms with Crippen LogP contribution in [0.15, 0.2) is 96.3 Å². The van der Waals surface area contributed by atoms with Crippen LogP contribution in [0.2, 0.25) is 5.02 Å². The molecule has 1 aromatic heterocycles. The van der Waals surface area contributed by atoms with Crippen LogP contribution in [0.3, 0.4) is 0 Å². The number of para-hydroxylation sites is 1. The Hall–Kier alpha value is -4.36. The Balaban J connectivity index is 1.45. The first-order valence-electron chi connectivity index (χ1n) is 12.2. The summed E-state index contributed by atoms with van der Waals surface area (Å²) < 4.78 is 5.82. The Morgan fingerprint density at radius 2 is 1.76 bits per heavy atom. The van der Waals surface area contributed by atoms with Gasteiger partial charge in [-0.15, -0.1) is 0 Å². The lowest BCUT2D eigenvalue weighted by molar-refractivity contribution is 0.0694. The largest absolute Gasteiger partial charge is 0.478 e. The van der Waals surface area contributed by atoms with E-state index in [0.29, 0.717) is 33.7 Å². The Morgan fingerprint density at radius 1 is 1.03 bits per heavy atom. The molecule has 0 bridgehead atoms. The Bertz CT molecular complexity index is 1440. The minimum atomic E-state index is -1.11. The lowest BCUT2D eigenvalue weighted by Crippen LogP contribution is -2.20. The number of ether oxygens (including phenoxy) is 1. The van der Waals surface area contributed by atoms with Crippen LogP contribution in [0.5, 0.6) is 11.5 Å². The van der Waals surface area contributed by atoms with E-state index in [1.165, 1.54) is 26.0 Å². The molecule has 0 saturated heterocycles. The van der Waals surface area contributed by atoms with E-state index in [4.69, 9.17) is 21.2 Å². The molecule has 1 saturated carbocycles. The van der Waals surface area contributed by atoms with Gasteiger partial charge in [-0.1, -0.05) is 35.0 Å². The van der Waals surface area contributed by atoms with Gasteiger partial charge in [-0.2, -0.15) is 0 Å². The van der Waals surface area contributed by atoms with Gasteiger partial charge in [0.15, 0.2) is 0 Å². The second-order valence-corrected chi connectivity index (χ2v) is 9.42. The highest BCUT2D eigenvalue weighted by Crippen LogP contribution is 2.35. The molecule has 5 rings (SSSR count). The molecular weight excluding hydrogens is 502 g/mol. The normalized spacial score (nSPS) is 13.2. The van der Waals surface area contributed by atoms with Crippen LogP contribution in [0.25, 0.3) is 0 Å². The summed E-state index contributed by atoms with van der Waals surface area (Å²) in [4.78, 5) is 24.1. The molecule has 3 aromatic carbocycles. The van der Waals surface area contributed by atoms with Crippen LogP contribution in [-0.2, 0) is 4.84 Å². The number of nitrogens with zero attached hydrogens (tertiary/aromatic N) is 3. The van der Waals surface area contributed by atoms with Gasteiger partial charge in [0.05, 0.1) is 17.6 Å². The first kappa shape index (κ1) is 25.3. The van der Waals surface area contributed by atoms with Gasteiger partial charge >= 0.3 is 5.97 Å². The minimum Gasteiger partial charge on any atom is -0.478 e. The maximum Gasteiger partial charge on any atom is 0.339 e. The number of halogens is 1. The van der Waals surface area contributed by atoms with Gasteiger partial charge in [0.25, 0.3) is 0 Å². The smallest absolute Gasteiger partial charge is 0.339 e. The molecule has 0 radical (unpaired) electrons. The summed E-state index contributed by atoms with van der Waals surface area (Å²) in [6.07, 6.45) is 4.23. The average molecular weight is 528 g/mol. The summed E-state index contributed by atoms with van der Waals surface area (Å²) >= 11 is 6.10. The molecule has 38 heavy (non-hydrogen) atoms. The van der Waals surface area contributed by atoms with E-state index in [1.807, 2.05) is 54.6 Å². The molecule has 8 heteroatoms. The first-order chi connectivity index (χ1) is 18.5. The SMILES string of the molecule is CO/N=C(/c1ccc(Oc2ccccc2)c(C(=O)O)c1)c1ccc(N(CC2CC2)c2ccc(Cl)cc2)cn1. The van der Waals surface area contributed by atoms with Crippen molar-refractivity contribution in [3.8, 4) is 11.5 Å². The zero-order valence-electron chi connectivity index (χ0n) is 20.8. The van der Waals surface area contributed by atoms with Crippen LogP contribution in [-0.4, -0.2) is 35.4 Å². The highest BCUT2D eigenvalue weighted by molar-refractivity contribution is 6.30. The highest BCUT2D eigenvalue weighted by Gasteiger charge is 2.26. The van der Waals surface area contributed by atoms with E-state index in [0.717, 1.165) is 17.9 Å². The maximum atomic E-state index is 12.1. The van der Waals surface area contributed by atoms with Crippen LogP contribution < -0.4 is 9.64 Å². The molecular formula is C30H26ClN3O4. The molecule has 1 N–H and O–H groups in total. The van der Waals surface area contributed by atoms with Crippen molar-refractivity contribution in [3.63, 3.8) is 0 Å². The van der Waals surface area contributed by atoms with E-state index in [-0.39, 0.29) is 11.3 Å². The monoisotopic (exact) mass is 527 g/mol. The zero-order valence-corrected chi connectivity index (χ0v) is 21.5. The molecule has 0 spiro atoms. The molecule has 4 aromatic rings. The fraction of sp³-hybridized carbons (Fsp3) is 0.167. The molecule has 0 aliphatic heterocycles. The van der Waals surface area contributed by atoms with E-state index < -0.39 is 5.97 Å². The number of aromatic carboxylic acids is 1. The summed E-state index contributed by atoms with van der Waals surface area (Å²) in [6.45, 7) is 0.895. The van der Waals surface area contributed by atoms with Crippen LogP contribution in [0, 0.1) is 5.92 Å². The first-order valence-corrected chi connectivity index (χ1v) is 12.6. The van der Waals surface area contributed by atoms with Crippen molar-refractivity contribution in [1.82, 2.24) is 4.98 Å². The summed E-state index contributed by atoms with van der Waals surface area (Å²) in [5.74, 6) is 0.312. The maximum absolute atomic E-state index is 12.1. The molecule has 1 heterocycles. The summed E-state index contributed by atoms with van der Waals surface area (Å²) in [6, 6.07) is 25.5. The Labute approximate surface area is 225 Å². The predicted molar refractivity (Wildman–Crippen MR) is 148 cm³/mol. The molecule has 192 valence electrons. The van der Waals surface area contributed by atoms with E-state index >= 15 is 0 Å². The quantitative estimate of drug-likeness (QED) is 0.174. The van der Waals surface area contributed by atoms with Gasteiger partial charge < -0.3 is 19.6 Å². The van der Waals surface area contributed by atoms with Gasteiger partial charge in [-0.05, 0) is 85.5 Å². The summed E-state index contributed by atoms with van der Waals surface area (Å²) in [5.41, 5.74) is 3.49. The number of hydrogen-bond donors (Lipinski definition) is 1. The number of benzene rings is 3. The number of anilines is 2. The van der Waals surface area contributed by atoms with E-state index in [1.54, 1.807) is 30.5 Å². The fourth-order valence-corrected chi connectivity index (χ4v) is 4.24. The lowest BCUT2D eigenvalue weighted by Gasteiger charge is -2.25. The molecule has 0 unspecified atom stereocenters. The summed E-state index contributed by atoms with van der Waals surface area (Å²) in [5, 5.41) is 14.7. The number of carboxylic acids is 1. The zero-order chi connectivity index (χ0) is 26.5. The van der Waals surface area contributed by atoms with E-state index in [9.17, 15) is 9.90 Å². The topological polar surface area (TPSA) is 84.2 Å². The average Bonchev–Trinajstić information content (AvgIpc) is 3.76. The highest BCUT2D eigenvalue weighted by atomic mass is 35.5. The molecule has 0 amide bonds. The van der Waals surface area contributed by atoms with Crippen molar-refractivity contribution < 1.29 is 19.5 Å². The minimum absolute atomic E-state index is 0.00474. The second kappa shape index (κ2) is 11.4. The lowest BCUT2D eigenvalue weighted by atomic mass is 10.0. The number of rotatable bonds is 10. The van der Waals surface area contributed by atoms with Crippen molar-refractivity contribution in [2.45, 2.75) is 12.8 Å². The van der Waals surface area contributed by atoms with Crippen molar-refractivity contribution in [1.29, 1.82) is 0 Å². The Kier molecular flexibility index (Phi) is 7.56. The number of carbonyl (C=O) groups is 1. The van der Waals surface area contributed by atoms with Gasteiger partial charge in [-0.25, -0.2) is 4.79 Å². The number of oxime groups is 1. The third-order valence-electron chi connectivity index (χ3n) is 6.22. The number of hydrogen-bond acceptors (Lipinski definition) is 6. The predicted octanol–water partition coefficient (Wildman–Crippen LogP) is 7.17. The van der Waals surface area contributed by atoms with Crippen molar-refractivity contribution in [2.24, 2.45) is 11.1 Å². The molecule has 1 aliphatic carbocycles. The van der Waals surface area contributed by atoms with Crippen molar-refractivity contribution >= 4 is 34.7 Å². The van der Waals surface area contributed by atoms with Gasteiger partial charge in [-0.3, -0.25) is 4.98 Å². The Morgan fingerprint density at radius 3 is 2.39 bits per heavy atom. The third kappa shape index (κ3) is 5.95. The third-order valence-corrected chi connectivity index (χ3v) is 6.47. The van der Waals surface area contributed by atoms with Crippen molar-refractivity contribution in [2.75, 3.05) is 18.6 Å². The van der Waals surface area contributed by atoms with Gasteiger partial charge in [0.1, 0.15) is 29.9 Å².